The fourth-order valence-electron chi connectivity index (χ4n) is 2.26. The Kier molecular flexibility index (Phi) is 3.97. The summed E-state index contributed by atoms with van der Waals surface area (Å²) in [6, 6.07) is 1.29. The predicted molar refractivity (Wildman–Crippen MR) is 67.5 cm³/mol. The number of halogens is 2. The van der Waals surface area contributed by atoms with Crippen molar-refractivity contribution in [2.24, 2.45) is 5.92 Å². The maximum absolute atomic E-state index is 14.0. The number of amides is 2. The first-order valence-electron chi connectivity index (χ1n) is 6.33. The molecule has 1 fully saturated rings. The zero-order valence-electron chi connectivity index (χ0n) is 11.1. The highest BCUT2D eigenvalue weighted by Crippen LogP contribution is 2.27. The normalized spacial score (nSPS) is 18.1. The SMILES string of the molecule is CCC1CC(=O)N(C(=O)c2c(F)ccc([N+](=O)[O-])c2F)C1. The Bertz CT molecular complexity index is 633. The Morgan fingerprint density at radius 3 is 2.67 bits per heavy atom. The molecule has 2 amide bonds. The molecule has 112 valence electrons. The number of nitro benzene ring substituents is 1. The molecule has 1 aromatic carbocycles. The summed E-state index contributed by atoms with van der Waals surface area (Å²) in [4.78, 5) is 34.2. The summed E-state index contributed by atoms with van der Waals surface area (Å²) in [6.07, 6.45) is 0.774. The van der Waals surface area contributed by atoms with E-state index in [9.17, 15) is 28.5 Å². The van der Waals surface area contributed by atoms with E-state index in [1.165, 1.54) is 0 Å². The van der Waals surface area contributed by atoms with Gasteiger partial charge in [0.15, 0.2) is 0 Å². The van der Waals surface area contributed by atoms with Crippen LogP contribution in [-0.2, 0) is 4.79 Å². The van der Waals surface area contributed by atoms with E-state index in [1.54, 1.807) is 0 Å². The average Bonchev–Trinajstić information content (AvgIpc) is 2.79. The zero-order chi connectivity index (χ0) is 15.7. The van der Waals surface area contributed by atoms with Crippen LogP contribution >= 0.6 is 0 Å². The minimum absolute atomic E-state index is 0.0636. The van der Waals surface area contributed by atoms with E-state index in [-0.39, 0.29) is 18.9 Å². The summed E-state index contributed by atoms with van der Waals surface area (Å²) in [5.74, 6) is -4.55. The summed E-state index contributed by atoms with van der Waals surface area (Å²) in [5.41, 5.74) is -2.06. The molecule has 8 heteroatoms. The number of carbonyl (C=O) groups is 2. The minimum Gasteiger partial charge on any atom is -0.278 e. The third-order valence-corrected chi connectivity index (χ3v) is 3.51. The lowest BCUT2D eigenvalue weighted by molar-refractivity contribution is -0.387. The molecule has 0 aliphatic carbocycles. The molecule has 1 heterocycles. The summed E-state index contributed by atoms with van der Waals surface area (Å²) in [6.45, 7) is 1.90. The van der Waals surface area contributed by atoms with E-state index in [4.69, 9.17) is 0 Å². The molecule has 1 aromatic rings. The van der Waals surface area contributed by atoms with E-state index in [0.717, 1.165) is 4.90 Å². The smallest absolute Gasteiger partial charge is 0.278 e. The van der Waals surface area contributed by atoms with Crippen molar-refractivity contribution >= 4 is 17.5 Å². The van der Waals surface area contributed by atoms with Crippen LogP contribution in [0.5, 0.6) is 0 Å². The first-order valence-corrected chi connectivity index (χ1v) is 6.33. The number of likely N-dealkylation sites (tertiary alicyclic amines) is 1. The fraction of sp³-hybridized carbons (Fsp3) is 0.385. The second kappa shape index (κ2) is 5.55. The highest BCUT2D eigenvalue weighted by molar-refractivity contribution is 6.06. The lowest BCUT2D eigenvalue weighted by Gasteiger charge is -2.15. The average molecular weight is 298 g/mol. The summed E-state index contributed by atoms with van der Waals surface area (Å²) < 4.78 is 27.6. The molecule has 6 nitrogen and oxygen atoms in total. The molecule has 0 bridgehead atoms. The monoisotopic (exact) mass is 298 g/mol. The van der Waals surface area contributed by atoms with Crippen molar-refractivity contribution in [3.63, 3.8) is 0 Å². The maximum atomic E-state index is 14.0. The van der Waals surface area contributed by atoms with Crippen molar-refractivity contribution in [3.05, 3.63) is 39.4 Å². The van der Waals surface area contributed by atoms with Crippen LogP contribution in [0, 0.1) is 27.7 Å². The van der Waals surface area contributed by atoms with Gasteiger partial charge in [-0.25, -0.2) is 4.39 Å². The molecule has 1 aliphatic heterocycles. The molecule has 1 atom stereocenters. The van der Waals surface area contributed by atoms with Gasteiger partial charge in [-0.15, -0.1) is 0 Å². The van der Waals surface area contributed by atoms with Crippen LogP contribution in [0.25, 0.3) is 0 Å². The molecule has 21 heavy (non-hydrogen) atoms. The number of nitro groups is 1. The Morgan fingerprint density at radius 2 is 2.14 bits per heavy atom. The van der Waals surface area contributed by atoms with Gasteiger partial charge >= 0.3 is 5.69 Å². The van der Waals surface area contributed by atoms with Crippen LogP contribution in [0.15, 0.2) is 12.1 Å². The molecule has 1 saturated heterocycles. The Hall–Kier alpha value is -2.38. The highest BCUT2D eigenvalue weighted by atomic mass is 19.1. The van der Waals surface area contributed by atoms with Gasteiger partial charge in [0, 0.05) is 19.0 Å². The summed E-state index contributed by atoms with van der Waals surface area (Å²) in [7, 11) is 0. The lowest BCUT2D eigenvalue weighted by Crippen LogP contribution is -2.33. The highest BCUT2D eigenvalue weighted by Gasteiger charge is 2.37. The molecule has 0 N–H and O–H groups in total. The Balaban J connectivity index is 2.42. The van der Waals surface area contributed by atoms with E-state index in [1.807, 2.05) is 6.92 Å². The molecule has 0 aromatic heterocycles. The van der Waals surface area contributed by atoms with Gasteiger partial charge in [0.05, 0.1) is 4.92 Å². The van der Waals surface area contributed by atoms with Crippen molar-refractivity contribution in [1.29, 1.82) is 0 Å². The molecule has 1 aliphatic rings. The second-order valence-corrected chi connectivity index (χ2v) is 4.80. The number of nitrogens with zero attached hydrogens (tertiary/aromatic N) is 2. The lowest BCUT2D eigenvalue weighted by atomic mass is 10.1. The number of rotatable bonds is 3. The quantitative estimate of drug-likeness (QED) is 0.487. The minimum atomic E-state index is -1.56. The van der Waals surface area contributed by atoms with E-state index in [2.05, 4.69) is 0 Å². The van der Waals surface area contributed by atoms with Crippen LogP contribution in [-0.4, -0.2) is 28.2 Å². The molecule has 0 spiro atoms. The summed E-state index contributed by atoms with van der Waals surface area (Å²) in [5, 5.41) is 10.6. The number of benzene rings is 1. The topological polar surface area (TPSA) is 80.5 Å². The standard InChI is InChI=1S/C13H12F2N2O4/c1-2-7-5-10(18)16(6-7)13(19)11-8(14)3-4-9(12(11)15)17(20)21/h3-4,7H,2,5-6H2,1H3. The third-order valence-electron chi connectivity index (χ3n) is 3.51. The van der Waals surface area contributed by atoms with Gasteiger partial charge in [0.1, 0.15) is 11.4 Å². The number of carbonyl (C=O) groups excluding carboxylic acids is 2. The van der Waals surface area contributed by atoms with Gasteiger partial charge in [0.25, 0.3) is 5.91 Å². The van der Waals surface area contributed by atoms with Crippen LogP contribution in [0.1, 0.15) is 30.1 Å². The van der Waals surface area contributed by atoms with Crippen molar-refractivity contribution in [1.82, 2.24) is 4.90 Å². The van der Waals surface area contributed by atoms with Gasteiger partial charge in [-0.1, -0.05) is 13.3 Å². The summed E-state index contributed by atoms with van der Waals surface area (Å²) >= 11 is 0. The largest absolute Gasteiger partial charge is 0.305 e. The molecule has 1 unspecified atom stereocenters. The van der Waals surface area contributed by atoms with E-state index >= 15 is 0 Å². The predicted octanol–water partition coefficient (Wildman–Crippen LogP) is 2.27. The molecule has 2 rings (SSSR count). The van der Waals surface area contributed by atoms with Crippen molar-refractivity contribution in [2.45, 2.75) is 19.8 Å². The van der Waals surface area contributed by atoms with Crippen LogP contribution in [0.4, 0.5) is 14.5 Å². The van der Waals surface area contributed by atoms with Crippen LogP contribution in [0.3, 0.4) is 0 Å². The molecular weight excluding hydrogens is 286 g/mol. The second-order valence-electron chi connectivity index (χ2n) is 4.80. The van der Waals surface area contributed by atoms with Gasteiger partial charge in [-0.2, -0.15) is 4.39 Å². The number of imide groups is 1. The fourth-order valence-corrected chi connectivity index (χ4v) is 2.26. The molecular formula is C13H12F2N2O4. The van der Waals surface area contributed by atoms with E-state index in [0.29, 0.717) is 18.6 Å². The van der Waals surface area contributed by atoms with E-state index < -0.39 is 39.6 Å². The zero-order valence-corrected chi connectivity index (χ0v) is 11.1. The van der Waals surface area contributed by atoms with Crippen LogP contribution < -0.4 is 0 Å². The first-order chi connectivity index (χ1) is 9.86. The Morgan fingerprint density at radius 1 is 1.48 bits per heavy atom. The van der Waals surface area contributed by atoms with Crippen molar-refractivity contribution in [2.75, 3.05) is 6.54 Å². The van der Waals surface area contributed by atoms with Gasteiger partial charge < -0.3 is 0 Å². The molecule has 0 radical (unpaired) electrons. The molecule has 0 saturated carbocycles. The van der Waals surface area contributed by atoms with Gasteiger partial charge in [0.2, 0.25) is 11.7 Å². The maximum Gasteiger partial charge on any atom is 0.305 e. The van der Waals surface area contributed by atoms with Crippen molar-refractivity contribution < 1.29 is 23.3 Å². The number of hydrogen-bond donors (Lipinski definition) is 0. The third kappa shape index (κ3) is 2.61. The van der Waals surface area contributed by atoms with Gasteiger partial charge in [-0.3, -0.25) is 24.6 Å². The van der Waals surface area contributed by atoms with Crippen molar-refractivity contribution in [3.8, 4) is 0 Å². The number of hydrogen-bond acceptors (Lipinski definition) is 4. The first kappa shape index (κ1) is 15.0. The van der Waals surface area contributed by atoms with Gasteiger partial charge in [-0.05, 0) is 12.0 Å². The van der Waals surface area contributed by atoms with Crippen LogP contribution in [0.2, 0.25) is 0 Å². The Labute approximate surface area is 118 Å².